The molecule has 0 saturated carbocycles. The van der Waals surface area contributed by atoms with Crippen molar-refractivity contribution in [3.8, 4) is 0 Å². The molecular weight excluding hydrogens is 234 g/mol. The molecule has 0 unspecified atom stereocenters. The first-order valence-corrected chi connectivity index (χ1v) is 7.78. The number of nitrogens with zero attached hydrogens (tertiary/aromatic N) is 2. The molecule has 3 heteroatoms. The molecule has 104 valence electrons. The van der Waals surface area contributed by atoms with E-state index in [1.165, 1.54) is 57.4 Å². The van der Waals surface area contributed by atoms with Crippen LogP contribution in [0.3, 0.4) is 0 Å². The van der Waals surface area contributed by atoms with Crippen LogP contribution in [0.1, 0.15) is 37.8 Å². The zero-order chi connectivity index (χ0) is 12.9. The minimum absolute atomic E-state index is 0.790. The summed E-state index contributed by atoms with van der Waals surface area (Å²) in [5.74, 6) is 0.894. The van der Waals surface area contributed by atoms with Gasteiger partial charge in [0.25, 0.3) is 0 Å². The molecular formula is C16H25N3. The van der Waals surface area contributed by atoms with E-state index in [2.05, 4.69) is 27.3 Å². The van der Waals surface area contributed by atoms with E-state index >= 15 is 0 Å². The van der Waals surface area contributed by atoms with Gasteiger partial charge in [0.05, 0.1) is 5.69 Å². The minimum atomic E-state index is 0.790. The third-order valence-electron chi connectivity index (χ3n) is 4.68. The van der Waals surface area contributed by atoms with Crippen LogP contribution < -0.4 is 5.32 Å². The van der Waals surface area contributed by atoms with Crippen LogP contribution in [-0.4, -0.2) is 35.6 Å². The Hall–Kier alpha value is -0.930. The van der Waals surface area contributed by atoms with Gasteiger partial charge in [0.15, 0.2) is 0 Å². The highest BCUT2D eigenvalue weighted by Gasteiger charge is 2.30. The highest BCUT2D eigenvalue weighted by molar-refractivity contribution is 5.04. The summed E-state index contributed by atoms with van der Waals surface area (Å²) in [4.78, 5) is 7.19. The maximum absolute atomic E-state index is 4.50. The molecule has 3 nitrogen and oxygen atoms in total. The number of hydrogen-bond donors (Lipinski definition) is 1. The monoisotopic (exact) mass is 259 g/mol. The van der Waals surface area contributed by atoms with Crippen molar-refractivity contribution in [2.24, 2.45) is 5.92 Å². The molecule has 2 aliphatic rings. The van der Waals surface area contributed by atoms with Crippen LogP contribution in [-0.2, 0) is 6.54 Å². The van der Waals surface area contributed by atoms with Crippen molar-refractivity contribution in [1.82, 2.24) is 15.2 Å². The SMILES string of the molecule is c1ccc(CN2CCCC[C@H]2C2CCNCC2)nc1. The van der Waals surface area contributed by atoms with E-state index in [9.17, 15) is 0 Å². The first kappa shape index (κ1) is 13.1. The summed E-state index contributed by atoms with van der Waals surface area (Å²) >= 11 is 0. The Balaban J connectivity index is 1.66. The van der Waals surface area contributed by atoms with Gasteiger partial charge in [0.2, 0.25) is 0 Å². The van der Waals surface area contributed by atoms with Crippen molar-refractivity contribution in [1.29, 1.82) is 0 Å². The fourth-order valence-corrected chi connectivity index (χ4v) is 3.68. The van der Waals surface area contributed by atoms with Crippen molar-refractivity contribution >= 4 is 0 Å². The number of rotatable bonds is 3. The maximum atomic E-state index is 4.50. The molecule has 0 bridgehead atoms. The topological polar surface area (TPSA) is 28.2 Å². The first-order valence-electron chi connectivity index (χ1n) is 7.78. The fourth-order valence-electron chi connectivity index (χ4n) is 3.68. The van der Waals surface area contributed by atoms with E-state index in [-0.39, 0.29) is 0 Å². The molecule has 3 rings (SSSR count). The molecule has 0 aliphatic carbocycles. The van der Waals surface area contributed by atoms with Gasteiger partial charge in [-0.3, -0.25) is 9.88 Å². The van der Waals surface area contributed by atoms with E-state index in [0.29, 0.717) is 0 Å². The second-order valence-electron chi connectivity index (χ2n) is 5.94. The van der Waals surface area contributed by atoms with Crippen molar-refractivity contribution in [2.75, 3.05) is 19.6 Å². The summed E-state index contributed by atoms with van der Waals surface area (Å²) in [7, 11) is 0. The smallest absolute Gasteiger partial charge is 0.0544 e. The van der Waals surface area contributed by atoms with Gasteiger partial charge < -0.3 is 5.32 Å². The number of aromatic nitrogens is 1. The molecule has 0 radical (unpaired) electrons. The zero-order valence-electron chi connectivity index (χ0n) is 11.7. The molecule has 2 fully saturated rings. The predicted molar refractivity (Wildman–Crippen MR) is 77.9 cm³/mol. The Morgan fingerprint density at radius 1 is 1.16 bits per heavy atom. The second-order valence-corrected chi connectivity index (χ2v) is 5.94. The van der Waals surface area contributed by atoms with Crippen molar-refractivity contribution in [3.63, 3.8) is 0 Å². The molecule has 19 heavy (non-hydrogen) atoms. The molecule has 0 spiro atoms. The number of nitrogens with one attached hydrogen (secondary N) is 1. The molecule has 2 aliphatic heterocycles. The number of likely N-dealkylation sites (tertiary alicyclic amines) is 1. The Morgan fingerprint density at radius 2 is 2.05 bits per heavy atom. The van der Waals surface area contributed by atoms with Crippen molar-refractivity contribution < 1.29 is 0 Å². The normalized spacial score (nSPS) is 26.4. The maximum Gasteiger partial charge on any atom is 0.0544 e. The molecule has 1 aromatic rings. The van der Waals surface area contributed by atoms with Crippen LogP contribution in [0.4, 0.5) is 0 Å². The highest BCUT2D eigenvalue weighted by atomic mass is 15.2. The molecule has 1 N–H and O–H groups in total. The summed E-state index contributed by atoms with van der Waals surface area (Å²) in [6, 6.07) is 7.06. The third kappa shape index (κ3) is 3.34. The van der Waals surface area contributed by atoms with Crippen LogP contribution in [0.2, 0.25) is 0 Å². The van der Waals surface area contributed by atoms with Crippen LogP contribution in [0.25, 0.3) is 0 Å². The third-order valence-corrected chi connectivity index (χ3v) is 4.68. The van der Waals surface area contributed by atoms with Crippen LogP contribution in [0, 0.1) is 5.92 Å². The molecule has 2 saturated heterocycles. The van der Waals surface area contributed by atoms with Crippen molar-refractivity contribution in [2.45, 2.75) is 44.7 Å². The van der Waals surface area contributed by atoms with Gasteiger partial charge in [-0.2, -0.15) is 0 Å². The Bertz CT molecular complexity index is 373. The van der Waals surface area contributed by atoms with Gasteiger partial charge in [0.1, 0.15) is 0 Å². The average molecular weight is 259 g/mol. The lowest BCUT2D eigenvalue weighted by Gasteiger charge is -2.42. The predicted octanol–water partition coefficient (Wildman–Crippen LogP) is 2.44. The van der Waals surface area contributed by atoms with Gasteiger partial charge in [0, 0.05) is 18.8 Å². The summed E-state index contributed by atoms with van der Waals surface area (Å²) in [5, 5.41) is 3.49. The summed E-state index contributed by atoms with van der Waals surface area (Å²) in [5.41, 5.74) is 1.23. The van der Waals surface area contributed by atoms with E-state index in [1.54, 1.807) is 0 Å². The van der Waals surface area contributed by atoms with Gasteiger partial charge in [-0.15, -0.1) is 0 Å². The quantitative estimate of drug-likeness (QED) is 0.903. The van der Waals surface area contributed by atoms with Crippen LogP contribution >= 0.6 is 0 Å². The molecule has 0 amide bonds. The van der Waals surface area contributed by atoms with E-state index in [4.69, 9.17) is 0 Å². The lowest BCUT2D eigenvalue weighted by Crippen LogP contribution is -2.46. The van der Waals surface area contributed by atoms with Gasteiger partial charge in [-0.05, 0) is 63.4 Å². The molecule has 1 aromatic heterocycles. The number of piperidine rings is 2. The fraction of sp³-hybridized carbons (Fsp3) is 0.688. The Morgan fingerprint density at radius 3 is 2.84 bits per heavy atom. The van der Waals surface area contributed by atoms with Crippen LogP contribution in [0.5, 0.6) is 0 Å². The largest absolute Gasteiger partial charge is 0.317 e. The van der Waals surface area contributed by atoms with E-state index in [0.717, 1.165) is 18.5 Å². The minimum Gasteiger partial charge on any atom is -0.317 e. The van der Waals surface area contributed by atoms with E-state index in [1.807, 2.05) is 12.3 Å². The van der Waals surface area contributed by atoms with Gasteiger partial charge in [-0.1, -0.05) is 12.5 Å². The number of hydrogen-bond acceptors (Lipinski definition) is 3. The Kier molecular flexibility index (Phi) is 4.46. The average Bonchev–Trinajstić information content (AvgIpc) is 2.50. The lowest BCUT2D eigenvalue weighted by atomic mass is 9.84. The van der Waals surface area contributed by atoms with Gasteiger partial charge in [-0.25, -0.2) is 0 Å². The van der Waals surface area contributed by atoms with E-state index < -0.39 is 0 Å². The standard InChI is InChI=1S/C16H25N3/c1-3-9-18-15(5-1)13-19-12-4-2-6-16(19)14-7-10-17-11-8-14/h1,3,5,9,14,16-17H,2,4,6-8,10-13H2/t16-/m0/s1. The molecule has 3 heterocycles. The Labute approximate surface area is 116 Å². The van der Waals surface area contributed by atoms with Crippen LogP contribution in [0.15, 0.2) is 24.4 Å². The summed E-state index contributed by atoms with van der Waals surface area (Å²) < 4.78 is 0. The van der Waals surface area contributed by atoms with Gasteiger partial charge >= 0.3 is 0 Å². The van der Waals surface area contributed by atoms with Crippen molar-refractivity contribution in [3.05, 3.63) is 30.1 Å². The molecule has 0 aromatic carbocycles. The second kappa shape index (κ2) is 6.49. The first-order chi connectivity index (χ1) is 9.43. The molecule has 1 atom stereocenters. The summed E-state index contributed by atoms with van der Waals surface area (Å²) in [6.45, 7) is 4.71. The zero-order valence-corrected chi connectivity index (χ0v) is 11.7. The lowest BCUT2D eigenvalue weighted by molar-refractivity contribution is 0.0767. The number of pyridine rings is 1. The summed E-state index contributed by atoms with van der Waals surface area (Å²) in [6.07, 6.45) is 8.77. The highest BCUT2D eigenvalue weighted by Crippen LogP contribution is 2.29.